The lowest BCUT2D eigenvalue weighted by atomic mass is 10.7. The molecule has 5 nitrogen and oxygen atoms in total. The topological polar surface area (TPSA) is 87.7 Å². The number of carbonyl (C=O) groups is 1. The highest BCUT2D eigenvalue weighted by Crippen LogP contribution is 1.53. The van der Waals surface area contributed by atoms with Gasteiger partial charge in [0.1, 0.15) is 0 Å². The van der Waals surface area contributed by atoms with Crippen LogP contribution in [0.2, 0.25) is 0 Å². The summed E-state index contributed by atoms with van der Waals surface area (Å²) >= 11 is 0. The fourth-order valence-corrected chi connectivity index (χ4v) is 0.187. The summed E-state index contributed by atoms with van der Waals surface area (Å²) in [7, 11) is 0. The Labute approximate surface area is 46.2 Å². The van der Waals surface area contributed by atoms with Crippen LogP contribution < -0.4 is 11.1 Å². The van der Waals surface area contributed by atoms with Crippen molar-refractivity contribution in [3.05, 3.63) is 0 Å². The zero-order valence-electron chi connectivity index (χ0n) is 4.16. The zero-order chi connectivity index (χ0) is 6.41. The maximum absolute atomic E-state index is 9.84. The van der Waals surface area contributed by atoms with Crippen LogP contribution in [-0.4, -0.2) is 24.0 Å². The number of hydrogen-bond acceptors (Lipinski definition) is 3. The lowest BCUT2D eigenvalue weighted by Crippen LogP contribution is -2.30. The molecule has 8 heavy (non-hydrogen) atoms. The van der Waals surface area contributed by atoms with Gasteiger partial charge in [0.15, 0.2) is 0 Å². The Hall–Kier alpha value is -1.26. The van der Waals surface area contributed by atoms with Crippen LogP contribution in [0.25, 0.3) is 0 Å². The average molecular weight is 117 g/mol. The quantitative estimate of drug-likeness (QED) is 0.249. The van der Waals surface area contributed by atoms with Gasteiger partial charge in [0.05, 0.1) is 12.8 Å². The number of amides is 2. The summed E-state index contributed by atoms with van der Waals surface area (Å²) in [5.74, 6) is 0. The number of nitrogens with zero attached hydrogens (tertiary/aromatic N) is 1. The molecule has 0 aromatic heterocycles. The van der Waals surface area contributed by atoms with Crippen LogP contribution in [0.1, 0.15) is 0 Å². The first-order valence-electron chi connectivity index (χ1n) is 1.96. The van der Waals surface area contributed by atoms with Crippen LogP contribution in [0.15, 0.2) is 5.16 Å². The number of nitrogens with one attached hydrogen (secondary N) is 1. The van der Waals surface area contributed by atoms with E-state index in [1.165, 1.54) is 0 Å². The van der Waals surface area contributed by atoms with Crippen LogP contribution in [-0.2, 0) is 0 Å². The maximum atomic E-state index is 9.84. The predicted molar refractivity (Wildman–Crippen MR) is 27.9 cm³/mol. The lowest BCUT2D eigenvalue weighted by molar-refractivity contribution is 0.250. The largest absolute Gasteiger partial charge is 0.411 e. The molecule has 0 unspecified atom stereocenters. The molecule has 0 fully saturated rings. The van der Waals surface area contributed by atoms with Gasteiger partial charge in [-0.05, 0) is 0 Å². The second-order valence-corrected chi connectivity index (χ2v) is 1.04. The van der Waals surface area contributed by atoms with E-state index in [1.54, 1.807) is 0 Å². The summed E-state index contributed by atoms with van der Waals surface area (Å²) in [5, 5.41) is 12.5. The molecule has 0 rings (SSSR count). The molecular weight excluding hydrogens is 110 g/mol. The minimum atomic E-state index is -0.634. The monoisotopic (exact) mass is 117 g/mol. The van der Waals surface area contributed by atoms with Crippen molar-refractivity contribution < 1.29 is 10.0 Å². The van der Waals surface area contributed by atoms with Crippen molar-refractivity contribution in [3.8, 4) is 0 Å². The van der Waals surface area contributed by atoms with Crippen molar-refractivity contribution in [1.29, 1.82) is 0 Å². The van der Waals surface area contributed by atoms with Crippen molar-refractivity contribution in [1.82, 2.24) is 5.32 Å². The molecule has 0 heterocycles. The minimum absolute atomic E-state index is 0.159. The third kappa shape index (κ3) is 4.74. The Balaban J connectivity index is 3.05. The highest BCUT2D eigenvalue weighted by Gasteiger charge is 1.83. The van der Waals surface area contributed by atoms with Gasteiger partial charge in [0.2, 0.25) is 0 Å². The van der Waals surface area contributed by atoms with Crippen molar-refractivity contribution in [3.63, 3.8) is 0 Å². The van der Waals surface area contributed by atoms with Crippen LogP contribution in [0.4, 0.5) is 4.79 Å². The highest BCUT2D eigenvalue weighted by atomic mass is 16.4. The van der Waals surface area contributed by atoms with Crippen molar-refractivity contribution in [2.45, 2.75) is 0 Å². The smallest absolute Gasteiger partial charge is 0.312 e. The third-order valence-corrected chi connectivity index (χ3v) is 0.449. The summed E-state index contributed by atoms with van der Waals surface area (Å²) in [5.41, 5.74) is 4.64. The second kappa shape index (κ2) is 3.91. The number of rotatable bonds is 2. The molecule has 0 aliphatic heterocycles. The Bertz CT molecular complexity index is 101. The Morgan fingerprint density at radius 3 is 3.00 bits per heavy atom. The standard InChI is InChI=1S/C3H7N3O2/c4-3(7)5-1-2-6-8/h2,8H,1H2,(H3,4,5,7). The van der Waals surface area contributed by atoms with Crippen molar-refractivity contribution in [2.75, 3.05) is 6.54 Å². The van der Waals surface area contributed by atoms with E-state index in [0.717, 1.165) is 6.21 Å². The molecule has 5 heteroatoms. The normalized spacial score (nSPS) is 9.50. The molecule has 0 aliphatic rings. The van der Waals surface area contributed by atoms with Gasteiger partial charge < -0.3 is 16.3 Å². The predicted octanol–water partition coefficient (Wildman–Crippen LogP) is -0.885. The Kier molecular flexibility index (Phi) is 3.30. The molecule has 0 bridgehead atoms. The van der Waals surface area contributed by atoms with Crippen LogP contribution in [0.5, 0.6) is 0 Å². The lowest BCUT2D eigenvalue weighted by Gasteiger charge is -1.90. The Morgan fingerprint density at radius 1 is 2.00 bits per heavy atom. The summed E-state index contributed by atoms with van der Waals surface area (Å²) in [6, 6.07) is -0.634. The molecule has 0 saturated carbocycles. The number of nitrogens with two attached hydrogens (primary N) is 1. The van der Waals surface area contributed by atoms with E-state index in [0.29, 0.717) is 0 Å². The molecule has 0 spiro atoms. The average Bonchev–Trinajstić information content (AvgIpc) is 1.66. The van der Waals surface area contributed by atoms with E-state index in [-0.39, 0.29) is 6.54 Å². The van der Waals surface area contributed by atoms with Crippen molar-refractivity contribution in [2.24, 2.45) is 10.9 Å². The second-order valence-electron chi connectivity index (χ2n) is 1.04. The van der Waals surface area contributed by atoms with Crippen LogP contribution in [0.3, 0.4) is 0 Å². The number of primary amides is 1. The van der Waals surface area contributed by atoms with Gasteiger partial charge in [-0.1, -0.05) is 0 Å². The SMILES string of the molecule is NC(=O)NCC=NO. The van der Waals surface area contributed by atoms with Gasteiger partial charge in [-0.25, -0.2) is 4.79 Å². The van der Waals surface area contributed by atoms with Crippen molar-refractivity contribution >= 4 is 12.2 Å². The summed E-state index contributed by atoms with van der Waals surface area (Å²) in [6.45, 7) is 0.159. The summed E-state index contributed by atoms with van der Waals surface area (Å²) in [4.78, 5) is 9.84. The maximum Gasteiger partial charge on any atom is 0.312 e. The molecule has 46 valence electrons. The van der Waals surface area contributed by atoms with Gasteiger partial charge in [0, 0.05) is 0 Å². The molecule has 4 N–H and O–H groups in total. The van der Waals surface area contributed by atoms with E-state index < -0.39 is 6.03 Å². The molecule has 0 radical (unpaired) electrons. The first kappa shape index (κ1) is 6.74. The van der Waals surface area contributed by atoms with Gasteiger partial charge in [-0.15, -0.1) is 5.16 Å². The molecule has 0 saturated heterocycles. The van der Waals surface area contributed by atoms with E-state index in [2.05, 4.69) is 16.2 Å². The first-order valence-corrected chi connectivity index (χ1v) is 1.96. The van der Waals surface area contributed by atoms with Gasteiger partial charge in [0.25, 0.3) is 0 Å². The highest BCUT2D eigenvalue weighted by molar-refractivity contribution is 5.75. The number of hydrogen-bond donors (Lipinski definition) is 3. The zero-order valence-corrected chi connectivity index (χ0v) is 4.16. The van der Waals surface area contributed by atoms with Gasteiger partial charge in [-0.2, -0.15) is 0 Å². The van der Waals surface area contributed by atoms with Gasteiger partial charge in [-0.3, -0.25) is 0 Å². The first-order chi connectivity index (χ1) is 3.77. The van der Waals surface area contributed by atoms with Crippen LogP contribution in [0, 0.1) is 0 Å². The fourth-order valence-electron chi connectivity index (χ4n) is 0.187. The van der Waals surface area contributed by atoms with Crippen LogP contribution >= 0.6 is 0 Å². The summed E-state index contributed by atoms with van der Waals surface area (Å²) in [6.07, 6.45) is 1.12. The molecule has 0 aliphatic carbocycles. The molecule has 0 atom stereocenters. The van der Waals surface area contributed by atoms with E-state index in [1.807, 2.05) is 0 Å². The minimum Gasteiger partial charge on any atom is -0.411 e. The van der Waals surface area contributed by atoms with Gasteiger partial charge >= 0.3 is 6.03 Å². The molecule has 0 aromatic rings. The van der Waals surface area contributed by atoms with E-state index in [4.69, 9.17) is 5.21 Å². The number of carbonyl (C=O) groups excluding carboxylic acids is 1. The number of urea groups is 1. The molecular formula is C3H7N3O2. The molecule has 0 aromatic carbocycles. The summed E-state index contributed by atoms with van der Waals surface area (Å²) < 4.78 is 0. The number of oxime groups is 1. The van der Waals surface area contributed by atoms with E-state index >= 15 is 0 Å². The van der Waals surface area contributed by atoms with E-state index in [9.17, 15) is 4.79 Å². The molecule has 2 amide bonds. The fraction of sp³-hybridized carbons (Fsp3) is 0.333. The Morgan fingerprint density at radius 2 is 2.62 bits per heavy atom. The third-order valence-electron chi connectivity index (χ3n) is 0.449.